The van der Waals surface area contributed by atoms with Crippen LogP contribution in [0.2, 0.25) is 0 Å². The van der Waals surface area contributed by atoms with E-state index in [4.69, 9.17) is 22.4 Å². The van der Waals surface area contributed by atoms with Crippen LogP contribution in [0, 0.1) is 13.8 Å². The first-order valence-corrected chi connectivity index (χ1v) is 7.51. The smallest absolute Gasteiger partial charge is 0.106 e. The number of nitrogens with one attached hydrogen (secondary N) is 1. The van der Waals surface area contributed by atoms with E-state index in [0.29, 0.717) is 4.99 Å². The van der Waals surface area contributed by atoms with E-state index in [0.717, 1.165) is 32.8 Å². The SMILES string of the molecule is Cc1cc(C(C)Nc2ccc(C(N)=S)c(Br)c2)c(C)o1. The summed E-state index contributed by atoms with van der Waals surface area (Å²) >= 11 is 8.48. The summed E-state index contributed by atoms with van der Waals surface area (Å²) < 4.78 is 6.46. The van der Waals surface area contributed by atoms with E-state index in [1.165, 1.54) is 0 Å². The Bertz CT molecular complexity index is 651. The highest BCUT2D eigenvalue weighted by molar-refractivity contribution is 9.10. The van der Waals surface area contributed by atoms with Gasteiger partial charge in [0.2, 0.25) is 0 Å². The molecule has 106 valence electrons. The normalized spacial score (nSPS) is 12.2. The first-order valence-electron chi connectivity index (χ1n) is 6.31. The van der Waals surface area contributed by atoms with Crippen LogP contribution in [-0.2, 0) is 0 Å². The third kappa shape index (κ3) is 3.22. The van der Waals surface area contributed by atoms with Crippen molar-refractivity contribution in [2.45, 2.75) is 26.8 Å². The predicted octanol–water partition coefficient (Wildman–Crippen LogP) is 4.47. The van der Waals surface area contributed by atoms with E-state index in [1.54, 1.807) is 0 Å². The lowest BCUT2D eigenvalue weighted by molar-refractivity contribution is 0.500. The van der Waals surface area contributed by atoms with Gasteiger partial charge in [-0.05, 0) is 61.0 Å². The van der Waals surface area contributed by atoms with Gasteiger partial charge in [-0.3, -0.25) is 0 Å². The van der Waals surface area contributed by atoms with Crippen molar-refractivity contribution in [3.63, 3.8) is 0 Å². The van der Waals surface area contributed by atoms with E-state index in [-0.39, 0.29) is 6.04 Å². The van der Waals surface area contributed by atoms with Crippen molar-refractivity contribution in [1.82, 2.24) is 0 Å². The lowest BCUT2D eigenvalue weighted by Crippen LogP contribution is -2.11. The Balaban J connectivity index is 2.20. The summed E-state index contributed by atoms with van der Waals surface area (Å²) in [6, 6.07) is 8.08. The standard InChI is InChI=1S/C15H17BrN2OS/c1-8-6-13(10(3)19-8)9(2)18-11-4-5-12(15(17)20)14(16)7-11/h4-7,9,18H,1-3H3,(H2,17,20). The molecule has 0 radical (unpaired) electrons. The lowest BCUT2D eigenvalue weighted by Gasteiger charge is -2.15. The number of furan rings is 1. The molecule has 1 unspecified atom stereocenters. The highest BCUT2D eigenvalue weighted by Crippen LogP contribution is 2.27. The molecule has 1 aromatic heterocycles. The van der Waals surface area contributed by atoms with Gasteiger partial charge in [-0.25, -0.2) is 0 Å². The van der Waals surface area contributed by atoms with Crippen molar-refractivity contribution in [1.29, 1.82) is 0 Å². The maximum atomic E-state index is 5.65. The number of thiocarbonyl (C=S) groups is 1. The number of anilines is 1. The summed E-state index contributed by atoms with van der Waals surface area (Å²) in [7, 11) is 0. The summed E-state index contributed by atoms with van der Waals surface area (Å²) in [6.45, 7) is 6.04. The highest BCUT2D eigenvalue weighted by Gasteiger charge is 2.13. The van der Waals surface area contributed by atoms with E-state index < -0.39 is 0 Å². The number of aryl methyl sites for hydroxylation is 2. The molecule has 0 spiro atoms. The molecule has 0 aliphatic heterocycles. The molecule has 1 heterocycles. The second kappa shape index (κ2) is 5.97. The fourth-order valence-electron chi connectivity index (χ4n) is 2.21. The molecule has 0 aliphatic carbocycles. The van der Waals surface area contributed by atoms with Crippen LogP contribution >= 0.6 is 28.1 Å². The van der Waals surface area contributed by atoms with Crippen molar-refractivity contribution < 1.29 is 4.42 Å². The number of hydrogen-bond donors (Lipinski definition) is 2. The van der Waals surface area contributed by atoms with Crippen molar-refractivity contribution in [3.8, 4) is 0 Å². The third-order valence-electron chi connectivity index (χ3n) is 3.16. The lowest BCUT2D eigenvalue weighted by atomic mass is 10.1. The van der Waals surface area contributed by atoms with Gasteiger partial charge in [0.15, 0.2) is 0 Å². The monoisotopic (exact) mass is 352 g/mol. The molecule has 1 atom stereocenters. The van der Waals surface area contributed by atoms with E-state index in [9.17, 15) is 0 Å². The minimum absolute atomic E-state index is 0.162. The molecule has 0 saturated heterocycles. The van der Waals surface area contributed by atoms with Crippen molar-refractivity contribution in [2.75, 3.05) is 5.32 Å². The van der Waals surface area contributed by atoms with Gasteiger partial charge < -0.3 is 15.5 Å². The average Bonchev–Trinajstić information content (AvgIpc) is 2.68. The fourth-order valence-corrected chi connectivity index (χ4v) is 3.11. The van der Waals surface area contributed by atoms with Crippen LogP contribution in [0.4, 0.5) is 5.69 Å². The zero-order chi connectivity index (χ0) is 14.9. The molecule has 3 nitrogen and oxygen atoms in total. The summed E-state index contributed by atoms with van der Waals surface area (Å²) in [5.41, 5.74) is 8.66. The van der Waals surface area contributed by atoms with Gasteiger partial charge in [0, 0.05) is 21.3 Å². The number of rotatable bonds is 4. The Hall–Kier alpha value is -1.33. The predicted molar refractivity (Wildman–Crippen MR) is 90.2 cm³/mol. The van der Waals surface area contributed by atoms with Crippen LogP contribution < -0.4 is 11.1 Å². The van der Waals surface area contributed by atoms with Gasteiger partial charge in [-0.15, -0.1) is 0 Å². The van der Waals surface area contributed by atoms with Crippen LogP contribution in [0.5, 0.6) is 0 Å². The molecule has 1 aromatic carbocycles. The second-order valence-corrected chi connectivity index (χ2v) is 6.09. The van der Waals surface area contributed by atoms with Crippen LogP contribution in [0.1, 0.15) is 35.6 Å². The zero-order valence-corrected chi connectivity index (χ0v) is 14.1. The van der Waals surface area contributed by atoms with Crippen molar-refractivity contribution >= 4 is 38.8 Å². The highest BCUT2D eigenvalue weighted by atomic mass is 79.9. The Morgan fingerprint density at radius 3 is 2.55 bits per heavy atom. The molecule has 0 bridgehead atoms. The summed E-state index contributed by atoms with van der Waals surface area (Å²) in [4.78, 5) is 0.387. The minimum Gasteiger partial charge on any atom is -0.466 e. The Morgan fingerprint density at radius 1 is 1.35 bits per heavy atom. The molecule has 2 aromatic rings. The maximum Gasteiger partial charge on any atom is 0.106 e. The zero-order valence-electron chi connectivity index (χ0n) is 11.7. The first-order chi connectivity index (χ1) is 9.38. The van der Waals surface area contributed by atoms with E-state index >= 15 is 0 Å². The summed E-state index contributed by atoms with van der Waals surface area (Å²) in [5, 5.41) is 3.45. The molecule has 3 N–H and O–H groups in total. The quantitative estimate of drug-likeness (QED) is 0.797. The van der Waals surface area contributed by atoms with Crippen LogP contribution in [0.25, 0.3) is 0 Å². The van der Waals surface area contributed by atoms with E-state index in [2.05, 4.69) is 34.2 Å². The molecule has 5 heteroatoms. The Kier molecular flexibility index (Phi) is 4.50. The van der Waals surface area contributed by atoms with Gasteiger partial charge in [0.05, 0.1) is 6.04 Å². The Morgan fingerprint density at radius 2 is 2.05 bits per heavy atom. The van der Waals surface area contributed by atoms with Gasteiger partial charge in [0.1, 0.15) is 16.5 Å². The molecule has 0 saturated carbocycles. The largest absolute Gasteiger partial charge is 0.466 e. The summed E-state index contributed by atoms with van der Waals surface area (Å²) in [5.74, 6) is 1.87. The molecule has 20 heavy (non-hydrogen) atoms. The van der Waals surface area contributed by atoms with Gasteiger partial charge in [0.25, 0.3) is 0 Å². The number of hydrogen-bond acceptors (Lipinski definition) is 3. The molecular weight excluding hydrogens is 336 g/mol. The average molecular weight is 353 g/mol. The van der Waals surface area contributed by atoms with Crippen LogP contribution in [-0.4, -0.2) is 4.99 Å². The molecule has 0 fully saturated rings. The van der Waals surface area contributed by atoms with Gasteiger partial charge in [-0.1, -0.05) is 12.2 Å². The molecule has 0 aliphatic rings. The van der Waals surface area contributed by atoms with Crippen LogP contribution in [0.15, 0.2) is 33.2 Å². The first kappa shape index (κ1) is 15.1. The number of halogens is 1. The Labute approximate surface area is 132 Å². The molecular formula is C15H17BrN2OS. The van der Waals surface area contributed by atoms with Crippen LogP contribution in [0.3, 0.4) is 0 Å². The van der Waals surface area contributed by atoms with Crippen molar-refractivity contribution in [3.05, 3.63) is 51.4 Å². The van der Waals surface area contributed by atoms with Gasteiger partial charge in [-0.2, -0.15) is 0 Å². The number of benzene rings is 1. The topological polar surface area (TPSA) is 51.2 Å². The summed E-state index contributed by atoms with van der Waals surface area (Å²) in [6.07, 6.45) is 0. The number of nitrogens with two attached hydrogens (primary N) is 1. The van der Waals surface area contributed by atoms with Crippen molar-refractivity contribution in [2.24, 2.45) is 5.73 Å². The third-order valence-corrected chi connectivity index (χ3v) is 4.04. The molecule has 0 amide bonds. The minimum atomic E-state index is 0.162. The fraction of sp³-hybridized carbons (Fsp3) is 0.267. The van der Waals surface area contributed by atoms with E-state index in [1.807, 2.05) is 32.0 Å². The second-order valence-electron chi connectivity index (χ2n) is 4.79. The molecule has 2 rings (SSSR count). The van der Waals surface area contributed by atoms with Gasteiger partial charge >= 0.3 is 0 Å². The maximum absolute atomic E-state index is 5.65.